The van der Waals surface area contributed by atoms with Gasteiger partial charge in [0.15, 0.2) is 0 Å². The lowest BCUT2D eigenvalue weighted by atomic mass is 9.65. The van der Waals surface area contributed by atoms with Crippen molar-refractivity contribution in [1.29, 1.82) is 0 Å². The fourth-order valence-electron chi connectivity index (χ4n) is 4.73. The van der Waals surface area contributed by atoms with Gasteiger partial charge in [-0.3, -0.25) is 4.79 Å². The molecule has 23 heavy (non-hydrogen) atoms. The molecule has 4 rings (SSSR count). The minimum atomic E-state index is 0. The average molecular weight is 335 g/mol. The molecular weight excluding hydrogens is 308 g/mol. The summed E-state index contributed by atoms with van der Waals surface area (Å²) < 4.78 is 0. The highest BCUT2D eigenvalue weighted by Gasteiger charge is 2.44. The van der Waals surface area contributed by atoms with Crippen LogP contribution >= 0.6 is 12.4 Å². The largest absolute Gasteiger partial charge is 0.352 e. The third kappa shape index (κ3) is 3.41. The molecule has 1 aromatic carbocycles. The Hall–Kier alpha value is -1.06. The Morgan fingerprint density at radius 3 is 2.35 bits per heavy atom. The maximum absolute atomic E-state index is 12.6. The van der Waals surface area contributed by atoms with Gasteiger partial charge in [0, 0.05) is 23.9 Å². The molecule has 4 atom stereocenters. The van der Waals surface area contributed by atoms with Gasteiger partial charge in [0.25, 0.3) is 0 Å². The fraction of sp³-hybridized carbons (Fsp3) is 0.632. The minimum absolute atomic E-state index is 0. The van der Waals surface area contributed by atoms with E-state index in [2.05, 4.69) is 29.6 Å². The summed E-state index contributed by atoms with van der Waals surface area (Å²) in [4.78, 5) is 12.6. The first-order chi connectivity index (χ1) is 10.7. The van der Waals surface area contributed by atoms with Gasteiger partial charge in [0.05, 0.1) is 0 Å². The first-order valence-electron chi connectivity index (χ1n) is 8.83. The van der Waals surface area contributed by atoms with E-state index < -0.39 is 0 Å². The summed E-state index contributed by atoms with van der Waals surface area (Å²) >= 11 is 0. The topological polar surface area (TPSA) is 55.1 Å². The first kappa shape index (κ1) is 16.8. The Bertz CT molecular complexity index is 536. The lowest BCUT2D eigenvalue weighted by molar-refractivity contribution is -0.128. The van der Waals surface area contributed by atoms with Gasteiger partial charge in [-0.2, -0.15) is 0 Å². The summed E-state index contributed by atoms with van der Waals surface area (Å²) in [6.07, 6.45) is 6.85. The molecule has 1 aromatic rings. The third-order valence-corrected chi connectivity index (χ3v) is 6.13. The molecule has 3 aliphatic carbocycles. The fourth-order valence-corrected chi connectivity index (χ4v) is 4.73. The molecule has 0 saturated heterocycles. The highest BCUT2D eigenvalue weighted by Crippen LogP contribution is 2.44. The molecular formula is C19H27ClN2O. The van der Waals surface area contributed by atoms with E-state index in [0.29, 0.717) is 29.8 Å². The molecule has 0 heterocycles. The van der Waals surface area contributed by atoms with Crippen molar-refractivity contribution in [3.63, 3.8) is 0 Å². The highest BCUT2D eigenvalue weighted by atomic mass is 35.5. The lowest BCUT2D eigenvalue weighted by Crippen LogP contribution is -2.49. The quantitative estimate of drug-likeness (QED) is 0.891. The molecule has 3 aliphatic rings. The van der Waals surface area contributed by atoms with E-state index in [1.54, 1.807) is 0 Å². The van der Waals surface area contributed by atoms with Crippen molar-refractivity contribution in [2.45, 2.75) is 56.5 Å². The number of rotatable bonds is 3. The lowest BCUT2D eigenvalue weighted by Gasteiger charge is -2.43. The van der Waals surface area contributed by atoms with E-state index in [4.69, 9.17) is 5.73 Å². The number of carbonyl (C=O) groups excluding carboxylic acids is 1. The average Bonchev–Trinajstić information content (AvgIpc) is 3.27. The van der Waals surface area contributed by atoms with Crippen LogP contribution in [0.15, 0.2) is 30.3 Å². The van der Waals surface area contributed by atoms with Gasteiger partial charge in [-0.05, 0) is 49.5 Å². The van der Waals surface area contributed by atoms with Crippen molar-refractivity contribution in [2.75, 3.05) is 0 Å². The molecule has 3 nitrogen and oxygen atoms in total. The summed E-state index contributed by atoms with van der Waals surface area (Å²) in [5.41, 5.74) is 7.68. The van der Waals surface area contributed by atoms with Crippen LogP contribution in [0.4, 0.5) is 0 Å². The minimum Gasteiger partial charge on any atom is -0.352 e. The summed E-state index contributed by atoms with van der Waals surface area (Å²) in [5, 5.41) is 3.30. The second kappa shape index (κ2) is 6.82. The zero-order valence-electron chi connectivity index (χ0n) is 13.5. The van der Waals surface area contributed by atoms with E-state index >= 15 is 0 Å². The van der Waals surface area contributed by atoms with Gasteiger partial charge < -0.3 is 11.1 Å². The van der Waals surface area contributed by atoms with E-state index in [9.17, 15) is 4.79 Å². The summed E-state index contributed by atoms with van der Waals surface area (Å²) in [6.45, 7) is 0. The summed E-state index contributed by atoms with van der Waals surface area (Å²) in [7, 11) is 0. The smallest absolute Gasteiger partial charge is 0.223 e. The number of nitrogens with one attached hydrogen (secondary N) is 1. The van der Waals surface area contributed by atoms with Gasteiger partial charge in [-0.25, -0.2) is 0 Å². The maximum Gasteiger partial charge on any atom is 0.223 e. The van der Waals surface area contributed by atoms with E-state index in [0.717, 1.165) is 19.3 Å². The Labute approximate surface area is 144 Å². The van der Waals surface area contributed by atoms with Gasteiger partial charge in [0.1, 0.15) is 0 Å². The van der Waals surface area contributed by atoms with Crippen LogP contribution in [0.25, 0.3) is 0 Å². The highest BCUT2D eigenvalue weighted by molar-refractivity contribution is 5.85. The Morgan fingerprint density at radius 1 is 1.04 bits per heavy atom. The van der Waals surface area contributed by atoms with Gasteiger partial charge in [0.2, 0.25) is 5.91 Å². The zero-order valence-corrected chi connectivity index (χ0v) is 14.3. The standard InChI is InChI=1S/C19H26N2O.ClH/c20-18-13-7-4-8-14(18)10-15(9-13)19(22)21-17-11-16(17)12-5-2-1-3-6-12;/h1-3,5-6,13-18H,4,7-11,20H2,(H,21,22);1H. The van der Waals surface area contributed by atoms with Crippen molar-refractivity contribution in [1.82, 2.24) is 5.32 Å². The predicted molar refractivity (Wildman–Crippen MR) is 94.5 cm³/mol. The zero-order chi connectivity index (χ0) is 15.1. The third-order valence-electron chi connectivity index (χ3n) is 6.13. The number of fused-ring (bicyclic) bond motifs is 2. The molecule has 0 radical (unpaired) electrons. The normalized spacial score (nSPS) is 38.3. The van der Waals surface area contributed by atoms with Gasteiger partial charge >= 0.3 is 0 Å². The van der Waals surface area contributed by atoms with Crippen molar-refractivity contribution < 1.29 is 4.79 Å². The van der Waals surface area contributed by atoms with Crippen LogP contribution in [0.3, 0.4) is 0 Å². The number of benzene rings is 1. The second-order valence-corrected chi connectivity index (χ2v) is 7.56. The van der Waals surface area contributed by atoms with Crippen LogP contribution in [0.2, 0.25) is 0 Å². The molecule has 0 aliphatic heterocycles. The van der Waals surface area contributed by atoms with E-state index in [1.807, 2.05) is 6.07 Å². The van der Waals surface area contributed by atoms with Crippen LogP contribution in [-0.2, 0) is 4.79 Å². The van der Waals surface area contributed by atoms with Crippen LogP contribution in [0.5, 0.6) is 0 Å². The monoisotopic (exact) mass is 334 g/mol. The van der Waals surface area contributed by atoms with E-state index in [-0.39, 0.29) is 24.2 Å². The summed E-state index contributed by atoms with van der Waals surface area (Å²) in [5.74, 6) is 2.16. The molecule has 126 valence electrons. The SMILES string of the molecule is Cl.NC1C2CCCC1CC(C(=O)NC1CC1c1ccccc1)C2. The molecule has 4 heteroatoms. The van der Waals surface area contributed by atoms with Crippen LogP contribution < -0.4 is 11.1 Å². The molecule has 2 bridgehead atoms. The molecule has 0 spiro atoms. The van der Waals surface area contributed by atoms with Crippen molar-refractivity contribution >= 4 is 18.3 Å². The number of carbonyl (C=O) groups is 1. The second-order valence-electron chi connectivity index (χ2n) is 7.56. The van der Waals surface area contributed by atoms with Crippen LogP contribution in [0, 0.1) is 17.8 Å². The van der Waals surface area contributed by atoms with E-state index in [1.165, 1.54) is 24.8 Å². The van der Waals surface area contributed by atoms with Crippen LogP contribution in [-0.4, -0.2) is 18.0 Å². The van der Waals surface area contributed by atoms with Gasteiger partial charge in [-0.15, -0.1) is 12.4 Å². The molecule has 0 aromatic heterocycles. The maximum atomic E-state index is 12.6. The van der Waals surface area contributed by atoms with Crippen LogP contribution in [0.1, 0.15) is 50.0 Å². The Balaban J connectivity index is 0.00000156. The first-order valence-corrected chi connectivity index (χ1v) is 8.83. The predicted octanol–water partition coefficient (Wildman–Crippen LogP) is 3.23. The molecule has 3 saturated carbocycles. The molecule has 1 amide bonds. The van der Waals surface area contributed by atoms with Crippen molar-refractivity contribution in [2.24, 2.45) is 23.5 Å². The van der Waals surface area contributed by atoms with Gasteiger partial charge in [-0.1, -0.05) is 36.8 Å². The number of nitrogens with two attached hydrogens (primary N) is 1. The molecule has 4 unspecified atom stereocenters. The Kier molecular flexibility index (Phi) is 4.98. The number of amides is 1. The Morgan fingerprint density at radius 2 is 1.70 bits per heavy atom. The summed E-state index contributed by atoms with van der Waals surface area (Å²) in [6, 6.07) is 11.2. The van der Waals surface area contributed by atoms with Crippen molar-refractivity contribution in [3.8, 4) is 0 Å². The number of hydrogen-bond donors (Lipinski definition) is 2. The number of halogens is 1. The number of hydrogen-bond acceptors (Lipinski definition) is 2. The molecule has 3 fully saturated rings. The van der Waals surface area contributed by atoms with Crippen molar-refractivity contribution in [3.05, 3.63) is 35.9 Å². The molecule has 3 N–H and O–H groups in total.